The molecule has 23 heavy (non-hydrogen) atoms. The first-order chi connectivity index (χ1) is 10.5. The Bertz CT molecular complexity index is 814. The number of halogens is 1. The van der Waals surface area contributed by atoms with Crippen LogP contribution in [0.4, 0.5) is 0 Å². The minimum absolute atomic E-state index is 0. The number of aromatic nitrogens is 2. The van der Waals surface area contributed by atoms with Crippen LogP contribution in [0.5, 0.6) is 0 Å². The molecule has 3 rings (SSSR count). The van der Waals surface area contributed by atoms with E-state index in [1.807, 2.05) is 6.20 Å². The van der Waals surface area contributed by atoms with Crippen LogP contribution in [0.1, 0.15) is 30.7 Å². The number of nitrogens with zero attached hydrogens (tertiary/aromatic N) is 2. The lowest BCUT2D eigenvalue weighted by Gasteiger charge is -2.13. The second-order valence-electron chi connectivity index (χ2n) is 6.64. The fraction of sp³-hybridized carbons (Fsp3) is 0.350. The van der Waals surface area contributed by atoms with E-state index in [1.54, 1.807) is 0 Å². The highest BCUT2D eigenvalue weighted by atomic mass is 35.5. The summed E-state index contributed by atoms with van der Waals surface area (Å²) in [6.07, 6.45) is 1.93. The van der Waals surface area contributed by atoms with Crippen molar-refractivity contribution in [3.8, 4) is 11.3 Å². The summed E-state index contributed by atoms with van der Waals surface area (Å²) in [7, 11) is 0. The summed E-state index contributed by atoms with van der Waals surface area (Å²) in [5.41, 5.74) is 7.56. The highest BCUT2D eigenvalue weighted by Crippen LogP contribution is 2.32. The molecule has 0 aliphatic carbocycles. The van der Waals surface area contributed by atoms with Gasteiger partial charge in [0, 0.05) is 29.4 Å². The number of pyridine rings is 1. The lowest BCUT2D eigenvalue weighted by molar-refractivity contribution is 0.527. The minimum atomic E-state index is 0. The largest absolute Gasteiger partial charge is 0.343 e. The molecule has 0 bridgehead atoms. The maximum absolute atomic E-state index is 4.71. The van der Waals surface area contributed by atoms with Crippen molar-refractivity contribution in [3.05, 3.63) is 53.3 Å². The highest BCUT2D eigenvalue weighted by molar-refractivity contribution is 5.95. The van der Waals surface area contributed by atoms with Crippen LogP contribution in [0.2, 0.25) is 0 Å². The normalized spacial score (nSPS) is 11.0. The van der Waals surface area contributed by atoms with Crippen LogP contribution >= 0.6 is 12.4 Å². The summed E-state index contributed by atoms with van der Waals surface area (Å²) < 4.78 is 2.44. The summed E-state index contributed by atoms with van der Waals surface area (Å²) >= 11 is 0. The SMILES string of the molecule is Cc1ccc(-c2nccc3c(C)c(C)n(CC(C)C)c23)cc1.Cl. The van der Waals surface area contributed by atoms with Gasteiger partial charge >= 0.3 is 0 Å². The number of benzene rings is 1. The Balaban J connectivity index is 0.00000192. The van der Waals surface area contributed by atoms with Gasteiger partial charge in [-0.15, -0.1) is 12.4 Å². The third-order valence-electron chi connectivity index (χ3n) is 4.42. The second-order valence-corrected chi connectivity index (χ2v) is 6.64. The van der Waals surface area contributed by atoms with E-state index in [-0.39, 0.29) is 12.4 Å². The zero-order valence-corrected chi connectivity index (χ0v) is 15.4. The molecule has 3 aromatic rings. The van der Waals surface area contributed by atoms with Gasteiger partial charge in [0.1, 0.15) is 0 Å². The van der Waals surface area contributed by atoms with Gasteiger partial charge < -0.3 is 4.57 Å². The number of rotatable bonds is 3. The maximum Gasteiger partial charge on any atom is 0.0944 e. The van der Waals surface area contributed by atoms with E-state index < -0.39 is 0 Å². The molecule has 0 aliphatic heterocycles. The van der Waals surface area contributed by atoms with Crippen LogP contribution < -0.4 is 0 Å². The van der Waals surface area contributed by atoms with E-state index in [9.17, 15) is 0 Å². The Labute approximate surface area is 145 Å². The number of aryl methyl sites for hydroxylation is 2. The van der Waals surface area contributed by atoms with Gasteiger partial charge in [0.15, 0.2) is 0 Å². The Morgan fingerprint density at radius 1 is 1.00 bits per heavy atom. The maximum atomic E-state index is 4.71. The molecule has 0 radical (unpaired) electrons. The Kier molecular flexibility index (Phi) is 5.16. The van der Waals surface area contributed by atoms with Crippen molar-refractivity contribution in [2.45, 2.75) is 41.2 Å². The first kappa shape index (κ1) is 17.6. The van der Waals surface area contributed by atoms with E-state index in [0.717, 1.165) is 12.2 Å². The molecule has 0 atom stereocenters. The molecule has 0 unspecified atom stereocenters. The van der Waals surface area contributed by atoms with Crippen LogP contribution in [0.25, 0.3) is 22.2 Å². The van der Waals surface area contributed by atoms with Crippen molar-refractivity contribution in [2.75, 3.05) is 0 Å². The zero-order chi connectivity index (χ0) is 15.9. The lowest BCUT2D eigenvalue weighted by Crippen LogP contribution is -2.07. The van der Waals surface area contributed by atoms with Crippen molar-refractivity contribution in [2.24, 2.45) is 5.92 Å². The fourth-order valence-electron chi connectivity index (χ4n) is 3.11. The standard InChI is InChI=1S/C20H24N2.ClH/c1-13(2)12-22-16(5)15(4)18-10-11-21-19(20(18)22)17-8-6-14(3)7-9-17;/h6-11,13H,12H2,1-5H3;1H. The van der Waals surface area contributed by atoms with Crippen molar-refractivity contribution < 1.29 is 0 Å². The van der Waals surface area contributed by atoms with Gasteiger partial charge in [0.2, 0.25) is 0 Å². The second kappa shape index (κ2) is 6.76. The van der Waals surface area contributed by atoms with E-state index >= 15 is 0 Å². The van der Waals surface area contributed by atoms with Crippen LogP contribution in [-0.2, 0) is 6.54 Å². The topological polar surface area (TPSA) is 17.8 Å². The van der Waals surface area contributed by atoms with Gasteiger partial charge in [-0.3, -0.25) is 4.98 Å². The molecule has 3 heteroatoms. The Morgan fingerprint density at radius 3 is 2.26 bits per heavy atom. The van der Waals surface area contributed by atoms with Gasteiger partial charge in [0.25, 0.3) is 0 Å². The number of hydrogen-bond acceptors (Lipinski definition) is 1. The van der Waals surface area contributed by atoms with Gasteiger partial charge in [0.05, 0.1) is 11.2 Å². The molecule has 0 N–H and O–H groups in total. The van der Waals surface area contributed by atoms with Gasteiger partial charge in [-0.25, -0.2) is 0 Å². The molecule has 0 spiro atoms. The summed E-state index contributed by atoms with van der Waals surface area (Å²) in [6, 6.07) is 10.8. The molecule has 2 aromatic heterocycles. The van der Waals surface area contributed by atoms with Crippen LogP contribution in [0.15, 0.2) is 36.5 Å². The number of fused-ring (bicyclic) bond motifs is 1. The molecular weight excluding hydrogens is 304 g/mol. The van der Waals surface area contributed by atoms with Crippen molar-refractivity contribution in [1.29, 1.82) is 0 Å². The molecule has 0 amide bonds. The molecule has 1 aromatic carbocycles. The molecule has 122 valence electrons. The average Bonchev–Trinajstić information content (AvgIpc) is 2.73. The predicted molar refractivity (Wildman–Crippen MR) is 101 cm³/mol. The van der Waals surface area contributed by atoms with Crippen LogP contribution in [-0.4, -0.2) is 9.55 Å². The van der Waals surface area contributed by atoms with Crippen molar-refractivity contribution in [3.63, 3.8) is 0 Å². The van der Waals surface area contributed by atoms with Gasteiger partial charge in [-0.05, 0) is 38.3 Å². The predicted octanol–water partition coefficient (Wildman–Crippen LogP) is 5.71. The van der Waals surface area contributed by atoms with Crippen LogP contribution in [0, 0.1) is 26.7 Å². The summed E-state index contributed by atoms with van der Waals surface area (Å²) in [5.74, 6) is 0.611. The van der Waals surface area contributed by atoms with Crippen molar-refractivity contribution >= 4 is 23.3 Å². The summed E-state index contributed by atoms with van der Waals surface area (Å²) in [4.78, 5) is 4.71. The fourth-order valence-corrected chi connectivity index (χ4v) is 3.11. The third kappa shape index (κ3) is 3.13. The van der Waals surface area contributed by atoms with E-state index in [4.69, 9.17) is 4.98 Å². The van der Waals surface area contributed by atoms with Crippen molar-refractivity contribution in [1.82, 2.24) is 9.55 Å². The first-order valence-electron chi connectivity index (χ1n) is 8.00. The van der Waals surface area contributed by atoms with Gasteiger partial charge in [-0.1, -0.05) is 43.7 Å². The smallest absolute Gasteiger partial charge is 0.0944 e. The molecule has 0 fully saturated rings. The van der Waals surface area contributed by atoms with Gasteiger partial charge in [-0.2, -0.15) is 0 Å². The molecule has 2 nitrogen and oxygen atoms in total. The molecule has 0 saturated heterocycles. The molecule has 2 heterocycles. The van der Waals surface area contributed by atoms with E-state index in [0.29, 0.717) is 5.92 Å². The summed E-state index contributed by atoms with van der Waals surface area (Å²) in [5, 5.41) is 1.32. The Hall–Kier alpha value is -1.80. The summed E-state index contributed by atoms with van der Waals surface area (Å²) in [6.45, 7) is 12.1. The van der Waals surface area contributed by atoms with E-state index in [2.05, 4.69) is 69.5 Å². The van der Waals surface area contributed by atoms with E-state index in [1.165, 1.54) is 33.3 Å². The number of hydrogen-bond donors (Lipinski definition) is 0. The quantitative estimate of drug-likeness (QED) is 0.602. The molecular formula is C20H25ClN2. The zero-order valence-electron chi connectivity index (χ0n) is 14.6. The van der Waals surface area contributed by atoms with Crippen LogP contribution in [0.3, 0.4) is 0 Å². The molecule has 0 saturated carbocycles. The average molecular weight is 329 g/mol. The minimum Gasteiger partial charge on any atom is -0.343 e. The molecule has 0 aliphatic rings. The Morgan fingerprint density at radius 2 is 1.65 bits per heavy atom. The highest BCUT2D eigenvalue weighted by Gasteiger charge is 2.16. The first-order valence-corrected chi connectivity index (χ1v) is 8.00. The lowest BCUT2D eigenvalue weighted by atomic mass is 10.1. The third-order valence-corrected chi connectivity index (χ3v) is 4.42. The monoisotopic (exact) mass is 328 g/mol.